The normalized spacial score (nSPS) is 18.0. The Labute approximate surface area is 174 Å². The molecule has 14 nitrogen and oxygen atoms in total. The van der Waals surface area contributed by atoms with E-state index < -0.39 is 22.7 Å². The average Bonchev–Trinajstić information content (AvgIpc) is 3.36. The van der Waals surface area contributed by atoms with Gasteiger partial charge in [0.25, 0.3) is 0 Å². The predicted octanol–water partition coefficient (Wildman–Crippen LogP) is 0.707. The van der Waals surface area contributed by atoms with E-state index in [9.17, 15) is 8.42 Å². The zero-order valence-corrected chi connectivity index (χ0v) is 18.5. The van der Waals surface area contributed by atoms with Crippen molar-refractivity contribution >= 4 is 34.9 Å². The largest absolute Gasteiger partial charge is 0.375 e. The molecular weight excluding hydrogens is 432 g/mol. The molecule has 0 aliphatic carbocycles. The molecule has 0 fully saturated rings. The number of hydrogen-bond acceptors (Lipinski definition) is 14. The van der Waals surface area contributed by atoms with Gasteiger partial charge in [0.15, 0.2) is 0 Å². The van der Waals surface area contributed by atoms with Gasteiger partial charge in [-0.2, -0.15) is 18.6 Å². The minimum absolute atomic E-state index is 0.115. The van der Waals surface area contributed by atoms with Gasteiger partial charge in [-0.25, -0.2) is 10.5 Å². The second-order valence-corrected chi connectivity index (χ2v) is 8.42. The summed E-state index contributed by atoms with van der Waals surface area (Å²) < 4.78 is 29.9. The van der Waals surface area contributed by atoms with Crippen LogP contribution in [0, 0.1) is 0 Å². The highest BCUT2D eigenvalue weighted by molar-refractivity contribution is 7.88. The monoisotopic (exact) mass is 460 g/mol. The van der Waals surface area contributed by atoms with Crippen LogP contribution in [0.4, 0.5) is 0 Å². The molecule has 2 aliphatic rings. The molecule has 2 unspecified atom stereocenters. The first-order valence-electron chi connectivity index (χ1n) is 8.29. The van der Waals surface area contributed by atoms with Crippen LogP contribution >= 0.6 is 0 Å². The summed E-state index contributed by atoms with van der Waals surface area (Å²) in [6.07, 6.45) is 1.74. The number of nitrogens with zero attached hydrogens (tertiary/aromatic N) is 4. The first kappa shape index (κ1) is 27.6. The van der Waals surface area contributed by atoms with Gasteiger partial charge in [0.05, 0.1) is 25.0 Å². The molecule has 0 saturated heterocycles. The van der Waals surface area contributed by atoms with Crippen molar-refractivity contribution in [3.63, 3.8) is 0 Å². The lowest BCUT2D eigenvalue weighted by atomic mass is 10.1. The van der Waals surface area contributed by atoms with E-state index in [0.717, 1.165) is 32.0 Å². The van der Waals surface area contributed by atoms with Gasteiger partial charge in [-0.05, 0) is 34.6 Å². The lowest BCUT2D eigenvalue weighted by Gasteiger charge is -2.20. The molecular formula is C13H28N6O8S2. The average molecular weight is 461 g/mol. The van der Waals surface area contributed by atoms with Crippen molar-refractivity contribution in [2.45, 2.75) is 45.7 Å². The summed E-state index contributed by atoms with van der Waals surface area (Å²) in [7, 11) is 0. The zero-order chi connectivity index (χ0) is 22.3. The summed E-state index contributed by atoms with van der Waals surface area (Å²) in [4.78, 5) is 8.21. The number of hydrogen-bond donors (Lipinski definition) is 4. The quantitative estimate of drug-likeness (QED) is 0.239. The van der Waals surface area contributed by atoms with Crippen molar-refractivity contribution < 1.29 is 36.3 Å². The van der Waals surface area contributed by atoms with E-state index in [4.69, 9.17) is 10.5 Å². The summed E-state index contributed by atoms with van der Waals surface area (Å²) in [6.45, 7) is 13.9. The maximum Gasteiger partial charge on any atom is 0.351 e. The Morgan fingerprint density at radius 2 is 1.76 bits per heavy atom. The molecule has 2 aliphatic heterocycles. The molecule has 0 spiro atoms. The summed E-state index contributed by atoms with van der Waals surface area (Å²) in [6, 6.07) is 0. The van der Waals surface area contributed by atoms with Crippen molar-refractivity contribution in [3.8, 4) is 0 Å². The second-order valence-electron chi connectivity index (χ2n) is 6.77. The summed E-state index contributed by atoms with van der Waals surface area (Å²) in [5, 5.41) is 32.6. The van der Waals surface area contributed by atoms with Crippen LogP contribution in [0.25, 0.3) is 0 Å². The Morgan fingerprint density at radius 1 is 1.07 bits per heavy atom. The highest BCUT2D eigenvalue weighted by Gasteiger charge is 2.27. The zero-order valence-electron chi connectivity index (χ0n) is 16.9. The molecule has 0 radical (unpaired) electrons. The molecule has 2 atom stereocenters. The minimum atomic E-state index is -2.62. The van der Waals surface area contributed by atoms with E-state index >= 15 is 0 Å². The Kier molecular flexibility index (Phi) is 13.9. The van der Waals surface area contributed by atoms with Crippen LogP contribution in [-0.4, -0.2) is 68.4 Å². The van der Waals surface area contributed by atoms with Crippen molar-refractivity contribution in [2.75, 3.05) is 26.2 Å². The molecule has 0 aromatic rings. The van der Waals surface area contributed by atoms with Gasteiger partial charge in [-0.3, -0.25) is 9.98 Å². The fraction of sp³-hybridized carbons (Fsp3) is 0.846. The summed E-state index contributed by atoms with van der Waals surface area (Å²) >= 11 is -5.23. The number of amidine groups is 1. The topological polar surface area (TPSA) is 185 Å². The second kappa shape index (κ2) is 14.6. The van der Waals surface area contributed by atoms with Crippen LogP contribution in [0.2, 0.25) is 0 Å². The minimum Gasteiger partial charge on any atom is -0.375 e. The highest BCUT2D eigenvalue weighted by atomic mass is 32.3. The number of nitrogens with one attached hydrogen (secondary N) is 2. The van der Waals surface area contributed by atoms with Crippen LogP contribution in [-0.2, 0) is 40.1 Å². The van der Waals surface area contributed by atoms with E-state index in [1.807, 2.05) is 34.6 Å². The number of aliphatic imine (C=N–C) groups is 2. The first-order valence-corrected chi connectivity index (χ1v) is 10.3. The maximum absolute atomic E-state index is 10.0. The van der Waals surface area contributed by atoms with E-state index in [1.165, 1.54) is 0 Å². The fourth-order valence-corrected chi connectivity index (χ4v) is 2.15. The molecule has 0 bridgehead atoms. The molecule has 170 valence electrons. The predicted molar refractivity (Wildman–Crippen MR) is 106 cm³/mol. The van der Waals surface area contributed by atoms with Crippen LogP contribution in [0.1, 0.15) is 34.6 Å². The molecule has 29 heavy (non-hydrogen) atoms. The third kappa shape index (κ3) is 15.1. The molecule has 0 aromatic carbocycles. The summed E-state index contributed by atoms with van der Waals surface area (Å²) in [5.41, 5.74) is -0.430. The van der Waals surface area contributed by atoms with Gasteiger partial charge >= 0.3 is 22.7 Å². The van der Waals surface area contributed by atoms with Crippen LogP contribution < -0.4 is 10.6 Å². The lowest BCUT2D eigenvalue weighted by Crippen LogP contribution is -2.38. The molecule has 0 amide bonds. The van der Waals surface area contributed by atoms with Gasteiger partial charge in [-0.15, -0.1) is 7.96 Å². The summed E-state index contributed by atoms with van der Waals surface area (Å²) in [5.74, 6) is 0.950. The Bertz CT molecular complexity index is 603. The van der Waals surface area contributed by atoms with Crippen molar-refractivity contribution in [2.24, 2.45) is 20.2 Å². The molecule has 0 saturated carbocycles. The number of azo groups is 1. The Hall–Kier alpha value is -1.40. The van der Waals surface area contributed by atoms with Gasteiger partial charge in [0, 0.05) is 13.1 Å². The standard InChI is InChI=1S/C10H20N4.C3H6N2.H2O8S2/c1-9(2,3)13-14-10(4,5)8-11-6-7-12-8;1-2-5-3-4-1;1-5-7-10(4)8-9(3)6-2/h6-7H2,1-5H3,(H,11,12);3H,1-2H2,(H,4,5);1-2H. The van der Waals surface area contributed by atoms with Crippen molar-refractivity contribution in [1.82, 2.24) is 10.6 Å². The molecule has 0 aromatic heterocycles. The van der Waals surface area contributed by atoms with Gasteiger partial charge in [0.2, 0.25) is 0 Å². The maximum atomic E-state index is 10.0. The highest BCUT2D eigenvalue weighted by Crippen LogP contribution is 2.17. The van der Waals surface area contributed by atoms with Gasteiger partial charge in [0.1, 0.15) is 11.4 Å². The fourth-order valence-electron chi connectivity index (χ4n) is 1.55. The molecule has 2 heterocycles. The van der Waals surface area contributed by atoms with Crippen molar-refractivity contribution in [1.29, 1.82) is 0 Å². The van der Waals surface area contributed by atoms with E-state index in [-0.39, 0.29) is 11.1 Å². The first-order chi connectivity index (χ1) is 13.5. The van der Waals surface area contributed by atoms with E-state index in [0.29, 0.717) is 0 Å². The number of rotatable bonds is 7. The van der Waals surface area contributed by atoms with E-state index in [1.54, 1.807) is 6.34 Å². The lowest BCUT2D eigenvalue weighted by molar-refractivity contribution is -0.436. The SMILES string of the molecule is C1=NCCN1.CC(C)(C)N=NC(C)(C)C1=NCCN1.O=S(OO)OS(=O)OOO. The smallest absolute Gasteiger partial charge is 0.351 e. The molecule has 4 N–H and O–H groups in total. The molecule has 16 heteroatoms. The van der Waals surface area contributed by atoms with Gasteiger partial charge < -0.3 is 10.6 Å². The van der Waals surface area contributed by atoms with Crippen LogP contribution in [0.15, 0.2) is 20.2 Å². The third-order valence-corrected chi connectivity index (χ3v) is 3.86. The van der Waals surface area contributed by atoms with Gasteiger partial charge in [-0.1, -0.05) is 9.37 Å². The Morgan fingerprint density at radius 3 is 2.14 bits per heavy atom. The molecule has 2 rings (SSSR count). The van der Waals surface area contributed by atoms with Crippen molar-refractivity contribution in [3.05, 3.63) is 0 Å². The van der Waals surface area contributed by atoms with Crippen LogP contribution in [0.5, 0.6) is 0 Å². The van der Waals surface area contributed by atoms with Crippen LogP contribution in [0.3, 0.4) is 0 Å². The Balaban J connectivity index is 0.000000452. The third-order valence-electron chi connectivity index (χ3n) is 2.68. The van der Waals surface area contributed by atoms with E-state index in [2.05, 4.69) is 48.2 Å².